The van der Waals surface area contributed by atoms with Crippen LogP contribution < -0.4 is 0 Å². The van der Waals surface area contributed by atoms with Gasteiger partial charge in [-0.05, 0) is 12.1 Å². The summed E-state index contributed by atoms with van der Waals surface area (Å²) in [5.74, 6) is 0. The Labute approximate surface area is 77.2 Å². The van der Waals surface area contributed by atoms with Gasteiger partial charge in [-0.3, -0.25) is 4.55 Å². The predicted molar refractivity (Wildman–Crippen MR) is 49.1 cm³/mol. The first-order valence-corrected chi connectivity index (χ1v) is 5.44. The van der Waals surface area contributed by atoms with E-state index in [1.54, 1.807) is 0 Å². The summed E-state index contributed by atoms with van der Waals surface area (Å²) >= 11 is 0. The van der Waals surface area contributed by atoms with Crippen molar-refractivity contribution >= 4 is 10.1 Å². The van der Waals surface area contributed by atoms with Gasteiger partial charge in [-0.2, -0.15) is 8.42 Å². The van der Waals surface area contributed by atoms with E-state index in [0.29, 0.717) is 6.26 Å². The highest BCUT2D eigenvalue weighted by Crippen LogP contribution is 1.92. The second-order valence-electron chi connectivity index (χ2n) is 2.40. The van der Waals surface area contributed by atoms with Gasteiger partial charge in [-0.25, -0.2) is 0 Å². The molecule has 0 saturated heterocycles. The molecule has 0 amide bonds. The van der Waals surface area contributed by atoms with Crippen molar-refractivity contribution in [1.29, 1.82) is 0 Å². The normalized spacial score (nSPS) is 10.4. The number of hydrogen-bond donors (Lipinski definition) is 3. The number of aliphatic hydroxyl groups is 1. The average molecular weight is 207 g/mol. The highest BCUT2D eigenvalue weighted by Gasteiger charge is 1.86. The second kappa shape index (κ2) is 5.74. The van der Waals surface area contributed by atoms with E-state index < -0.39 is 10.1 Å². The molecule has 0 aliphatic heterocycles. The van der Waals surface area contributed by atoms with Gasteiger partial charge in [0.05, 0.1) is 6.26 Å². The molecule has 0 saturated carbocycles. The first kappa shape index (κ1) is 12.2. The Hall–Kier alpha value is -0.850. The summed E-state index contributed by atoms with van der Waals surface area (Å²) < 4.78 is 25.9. The minimum Gasteiger partial charge on any atom is -0.396 e. The highest BCUT2D eigenvalue weighted by molar-refractivity contribution is 7.85. The first-order valence-electron chi connectivity index (χ1n) is 3.59. The number of aromatic nitrogens is 1. The molecule has 3 N–H and O–H groups in total. The largest absolute Gasteiger partial charge is 0.396 e. The van der Waals surface area contributed by atoms with Crippen molar-refractivity contribution in [2.45, 2.75) is 6.42 Å². The third-order valence-electron chi connectivity index (χ3n) is 1.04. The maximum Gasteiger partial charge on any atom is 0.261 e. The van der Waals surface area contributed by atoms with Crippen LogP contribution >= 0.6 is 0 Å². The Morgan fingerprint density at radius 2 is 2.08 bits per heavy atom. The lowest BCUT2D eigenvalue weighted by molar-refractivity contribution is 0.298. The molecule has 0 spiro atoms. The third kappa shape index (κ3) is 11.1. The zero-order chi connectivity index (χ0) is 10.3. The van der Waals surface area contributed by atoms with Gasteiger partial charge in [-0.15, -0.1) is 0 Å². The SMILES string of the molecule is CS(=O)(=O)O.OCCc1ccc[nH]1. The number of hydrogen-bond acceptors (Lipinski definition) is 3. The van der Waals surface area contributed by atoms with E-state index in [1.165, 1.54) is 0 Å². The molecule has 1 heterocycles. The number of aromatic amines is 1. The minimum absolute atomic E-state index is 0.223. The van der Waals surface area contributed by atoms with E-state index in [1.807, 2.05) is 18.3 Å². The molecule has 0 aliphatic rings. The van der Waals surface area contributed by atoms with Gasteiger partial charge in [0.1, 0.15) is 0 Å². The molecule has 0 radical (unpaired) electrons. The van der Waals surface area contributed by atoms with Gasteiger partial charge in [-0.1, -0.05) is 0 Å². The fourth-order valence-corrected chi connectivity index (χ4v) is 0.643. The standard InChI is InChI=1S/C6H9NO.CH4O3S/c8-5-3-6-2-1-4-7-6;1-5(2,3)4/h1-2,4,7-8H,3,5H2;1H3,(H,2,3,4). The summed E-state index contributed by atoms with van der Waals surface area (Å²) in [6.45, 7) is 0.223. The molecule has 0 bridgehead atoms. The molecular formula is C7H13NO4S. The Morgan fingerprint density at radius 1 is 1.54 bits per heavy atom. The van der Waals surface area contributed by atoms with Gasteiger partial charge < -0.3 is 10.1 Å². The Morgan fingerprint density at radius 3 is 2.38 bits per heavy atom. The molecule has 76 valence electrons. The molecule has 1 rings (SSSR count). The lowest BCUT2D eigenvalue weighted by Gasteiger charge is -1.87. The summed E-state index contributed by atoms with van der Waals surface area (Å²) in [7, 11) is -3.67. The smallest absolute Gasteiger partial charge is 0.261 e. The molecule has 0 aliphatic carbocycles. The molecular weight excluding hydrogens is 194 g/mol. The van der Waals surface area contributed by atoms with E-state index in [-0.39, 0.29) is 6.61 Å². The number of aliphatic hydroxyl groups excluding tert-OH is 1. The van der Waals surface area contributed by atoms with Crippen LogP contribution in [0.5, 0.6) is 0 Å². The van der Waals surface area contributed by atoms with E-state index in [2.05, 4.69) is 4.98 Å². The fraction of sp³-hybridized carbons (Fsp3) is 0.429. The zero-order valence-electron chi connectivity index (χ0n) is 7.27. The molecule has 6 heteroatoms. The van der Waals surface area contributed by atoms with Gasteiger partial charge in [0, 0.05) is 24.9 Å². The first-order chi connectivity index (χ1) is 5.93. The monoisotopic (exact) mass is 207 g/mol. The van der Waals surface area contributed by atoms with Crippen molar-refractivity contribution in [3.63, 3.8) is 0 Å². The molecule has 1 aromatic heterocycles. The summed E-state index contributed by atoms with van der Waals surface area (Å²) in [5.41, 5.74) is 1.09. The van der Waals surface area contributed by atoms with E-state index in [4.69, 9.17) is 9.66 Å². The average Bonchev–Trinajstić information content (AvgIpc) is 2.36. The van der Waals surface area contributed by atoms with Gasteiger partial charge in [0.2, 0.25) is 0 Å². The molecule has 13 heavy (non-hydrogen) atoms. The molecule has 0 atom stereocenters. The Balaban J connectivity index is 0.000000252. The molecule has 5 nitrogen and oxygen atoms in total. The van der Waals surface area contributed by atoms with Crippen LogP contribution in [0.4, 0.5) is 0 Å². The summed E-state index contributed by atoms with van der Waals surface area (Å²) in [6, 6.07) is 3.88. The van der Waals surface area contributed by atoms with Crippen LogP contribution in [-0.2, 0) is 16.5 Å². The van der Waals surface area contributed by atoms with Gasteiger partial charge >= 0.3 is 0 Å². The Bertz CT molecular complexity index is 295. The number of H-pyrrole nitrogens is 1. The molecule has 0 unspecified atom stereocenters. The molecule has 1 aromatic rings. The zero-order valence-corrected chi connectivity index (χ0v) is 8.08. The predicted octanol–water partition coefficient (Wildman–Crippen LogP) is 0.0535. The fourth-order valence-electron chi connectivity index (χ4n) is 0.643. The number of rotatable bonds is 2. The van der Waals surface area contributed by atoms with Crippen molar-refractivity contribution in [2.75, 3.05) is 12.9 Å². The van der Waals surface area contributed by atoms with Crippen LogP contribution in [0.15, 0.2) is 18.3 Å². The van der Waals surface area contributed by atoms with Crippen LogP contribution in [0, 0.1) is 0 Å². The molecule has 0 fully saturated rings. The topological polar surface area (TPSA) is 90.4 Å². The maximum absolute atomic E-state index is 9.19. The van der Waals surface area contributed by atoms with Crippen LogP contribution in [0.1, 0.15) is 5.69 Å². The van der Waals surface area contributed by atoms with Crippen molar-refractivity contribution in [3.05, 3.63) is 24.0 Å². The van der Waals surface area contributed by atoms with Gasteiger partial charge in [0.25, 0.3) is 10.1 Å². The van der Waals surface area contributed by atoms with E-state index in [0.717, 1.165) is 12.1 Å². The van der Waals surface area contributed by atoms with Crippen molar-refractivity contribution in [1.82, 2.24) is 4.98 Å². The van der Waals surface area contributed by atoms with Gasteiger partial charge in [0.15, 0.2) is 0 Å². The number of nitrogens with one attached hydrogen (secondary N) is 1. The van der Waals surface area contributed by atoms with Crippen LogP contribution in [0.25, 0.3) is 0 Å². The van der Waals surface area contributed by atoms with Crippen molar-refractivity contribution in [2.24, 2.45) is 0 Å². The summed E-state index contributed by atoms with van der Waals surface area (Å²) in [4.78, 5) is 2.98. The van der Waals surface area contributed by atoms with Crippen LogP contribution in [-0.4, -0.2) is 35.9 Å². The van der Waals surface area contributed by atoms with E-state index >= 15 is 0 Å². The van der Waals surface area contributed by atoms with E-state index in [9.17, 15) is 8.42 Å². The lowest BCUT2D eigenvalue weighted by Crippen LogP contribution is -1.88. The van der Waals surface area contributed by atoms with Crippen molar-refractivity contribution in [3.8, 4) is 0 Å². The second-order valence-corrected chi connectivity index (χ2v) is 3.87. The summed E-state index contributed by atoms with van der Waals surface area (Å²) in [6.07, 6.45) is 3.30. The quantitative estimate of drug-likeness (QED) is 0.598. The lowest BCUT2D eigenvalue weighted by atomic mass is 10.3. The highest BCUT2D eigenvalue weighted by atomic mass is 32.2. The minimum atomic E-state index is -3.67. The maximum atomic E-state index is 9.19. The van der Waals surface area contributed by atoms with Crippen molar-refractivity contribution < 1.29 is 18.1 Å². The van der Waals surface area contributed by atoms with Crippen LogP contribution in [0.2, 0.25) is 0 Å². The summed E-state index contributed by atoms with van der Waals surface area (Å²) in [5, 5.41) is 8.42. The Kier molecular flexibility index (Phi) is 5.36. The molecule has 0 aromatic carbocycles. The third-order valence-corrected chi connectivity index (χ3v) is 1.04. The van der Waals surface area contributed by atoms with Crippen LogP contribution in [0.3, 0.4) is 0 Å².